The van der Waals surface area contributed by atoms with Crippen LogP contribution in [-0.2, 0) is 4.79 Å². The summed E-state index contributed by atoms with van der Waals surface area (Å²) < 4.78 is 6.16. The van der Waals surface area contributed by atoms with Crippen molar-refractivity contribution in [3.63, 3.8) is 0 Å². The highest BCUT2D eigenvalue weighted by Crippen LogP contribution is 2.35. The summed E-state index contributed by atoms with van der Waals surface area (Å²) in [6.45, 7) is 5.03. The Labute approximate surface area is 199 Å². The summed E-state index contributed by atoms with van der Waals surface area (Å²) in [4.78, 5) is 18.3. The number of hydrogen-bond acceptors (Lipinski definition) is 6. The summed E-state index contributed by atoms with van der Waals surface area (Å²) >= 11 is 1.59. The van der Waals surface area contributed by atoms with E-state index in [9.17, 15) is 4.79 Å². The van der Waals surface area contributed by atoms with E-state index in [1.54, 1.807) is 16.8 Å². The Hall–Kier alpha value is -2.80. The molecule has 1 N–H and O–H groups in total. The van der Waals surface area contributed by atoms with Crippen LogP contribution in [0.4, 0.5) is 0 Å². The van der Waals surface area contributed by atoms with Gasteiger partial charge in [0.15, 0.2) is 11.3 Å². The number of amidine groups is 1. The second kappa shape index (κ2) is 11.4. The molecule has 174 valence electrons. The van der Waals surface area contributed by atoms with Gasteiger partial charge in [-0.25, -0.2) is 5.01 Å². The number of carbonyl (C=O) groups is 1. The molecule has 0 fully saturated rings. The largest absolute Gasteiger partial charge is 0.493 e. The molecule has 0 radical (unpaired) electrons. The van der Waals surface area contributed by atoms with Crippen molar-refractivity contribution >= 4 is 28.5 Å². The standard InChI is InChI=1S/C26H32N4O2S/c1-3-5-11-17-32-22-16-10-8-14-20(22)24-27-21-15-9-7-13-19(21)23-25(31)28-26(29-30(23)24)33-18-12-6-4-2/h7-10,13-16,24H,3-6,11-12,17-18H2,1-2H3,(H,28,29,31)/t24-/m1/s1. The first-order valence-electron chi connectivity index (χ1n) is 11.9. The lowest BCUT2D eigenvalue weighted by Crippen LogP contribution is -2.50. The fourth-order valence-electron chi connectivity index (χ4n) is 3.98. The number of thioether (sulfide) groups is 1. The van der Waals surface area contributed by atoms with E-state index < -0.39 is 6.17 Å². The maximum Gasteiger partial charge on any atom is 0.276 e. The first kappa shape index (κ1) is 23.4. The number of para-hydroxylation sites is 2. The van der Waals surface area contributed by atoms with Crippen LogP contribution in [0.1, 0.15) is 64.1 Å². The van der Waals surface area contributed by atoms with Crippen molar-refractivity contribution in [1.82, 2.24) is 10.3 Å². The second-order valence-corrected chi connectivity index (χ2v) is 9.30. The highest BCUT2D eigenvalue weighted by Gasteiger charge is 2.35. The van der Waals surface area contributed by atoms with E-state index >= 15 is 0 Å². The van der Waals surface area contributed by atoms with Crippen LogP contribution in [0.5, 0.6) is 5.75 Å². The molecule has 1 amide bonds. The van der Waals surface area contributed by atoms with Crippen LogP contribution in [0.2, 0.25) is 0 Å². The fraction of sp³-hybridized carbons (Fsp3) is 0.423. The maximum atomic E-state index is 13.2. The van der Waals surface area contributed by atoms with Crippen molar-refractivity contribution < 1.29 is 9.53 Å². The van der Waals surface area contributed by atoms with E-state index in [0.29, 0.717) is 17.5 Å². The van der Waals surface area contributed by atoms with Crippen LogP contribution in [0, 0.1) is 0 Å². The fourth-order valence-corrected chi connectivity index (χ4v) is 4.83. The Bertz CT molecular complexity index is 1130. The Morgan fingerprint density at radius 1 is 1.00 bits per heavy atom. The molecule has 7 heteroatoms. The van der Waals surface area contributed by atoms with Gasteiger partial charge in [-0.2, -0.15) is 0 Å². The van der Waals surface area contributed by atoms with Gasteiger partial charge in [0.2, 0.25) is 0 Å². The van der Waals surface area contributed by atoms with Crippen LogP contribution in [0.3, 0.4) is 0 Å². The van der Waals surface area contributed by atoms with Gasteiger partial charge in [-0.3, -0.25) is 15.1 Å². The number of fused-ring (bicyclic) bond motifs is 2. The quantitative estimate of drug-likeness (QED) is 0.532. The molecule has 0 aromatic heterocycles. The van der Waals surface area contributed by atoms with E-state index in [4.69, 9.17) is 14.8 Å². The smallest absolute Gasteiger partial charge is 0.276 e. The summed E-state index contributed by atoms with van der Waals surface area (Å²) in [7, 11) is 0. The van der Waals surface area contributed by atoms with Gasteiger partial charge in [0.05, 0.1) is 12.0 Å². The summed E-state index contributed by atoms with van der Waals surface area (Å²) in [5.41, 5.74) is 1.44. The molecule has 6 nitrogen and oxygen atoms in total. The molecule has 2 aliphatic rings. The molecule has 2 aliphatic heterocycles. The van der Waals surface area contributed by atoms with Crippen molar-refractivity contribution in [3.8, 4) is 5.75 Å². The third kappa shape index (κ3) is 5.41. The number of benzene rings is 2. The summed E-state index contributed by atoms with van der Waals surface area (Å²) in [6, 6.07) is 15.7. The van der Waals surface area contributed by atoms with Crippen LogP contribution in [-0.4, -0.2) is 28.4 Å². The highest BCUT2D eigenvalue weighted by atomic mass is 32.2. The molecule has 0 saturated heterocycles. The third-order valence-electron chi connectivity index (χ3n) is 5.70. The van der Waals surface area contributed by atoms with E-state index in [0.717, 1.165) is 59.7 Å². The maximum absolute atomic E-state index is 13.2. The Kier molecular flexibility index (Phi) is 8.05. The molecule has 2 aromatic rings. The van der Waals surface area contributed by atoms with Gasteiger partial charge in [-0.05, 0) is 25.0 Å². The minimum absolute atomic E-state index is 0.142. The van der Waals surface area contributed by atoms with Gasteiger partial charge in [-0.15, -0.1) is 5.10 Å². The molecule has 2 aromatic carbocycles. The molecule has 4 rings (SSSR count). The number of amides is 1. The zero-order valence-corrected chi connectivity index (χ0v) is 20.2. The van der Waals surface area contributed by atoms with Crippen molar-refractivity contribution in [2.45, 2.75) is 58.5 Å². The van der Waals surface area contributed by atoms with Crippen LogP contribution >= 0.6 is 11.8 Å². The third-order valence-corrected chi connectivity index (χ3v) is 6.65. The average Bonchev–Trinajstić information content (AvgIpc) is 2.84. The number of unbranched alkanes of at least 4 members (excludes halogenated alkanes) is 4. The summed E-state index contributed by atoms with van der Waals surface area (Å²) in [5, 5.41) is 11.8. The number of nitrogens with one attached hydrogen (secondary N) is 1. The SMILES string of the molecule is CCCCCOc1ccccc1[C@@H]1N=c2ccccc2=C2C(=O)NC(SCCCCC)=NN21. The number of nitrogens with zero attached hydrogens (tertiary/aromatic N) is 3. The van der Waals surface area contributed by atoms with Gasteiger partial charge < -0.3 is 4.74 Å². The second-order valence-electron chi connectivity index (χ2n) is 8.22. The lowest BCUT2D eigenvalue weighted by molar-refractivity contribution is -0.116. The average molecular weight is 465 g/mol. The normalized spacial score (nSPS) is 17.0. The van der Waals surface area contributed by atoms with Crippen molar-refractivity contribution in [2.24, 2.45) is 10.1 Å². The van der Waals surface area contributed by atoms with Gasteiger partial charge in [0.1, 0.15) is 11.4 Å². The molecule has 0 aliphatic carbocycles. The van der Waals surface area contributed by atoms with Crippen molar-refractivity contribution in [3.05, 3.63) is 64.7 Å². The zero-order valence-electron chi connectivity index (χ0n) is 19.4. The van der Waals surface area contributed by atoms with E-state index in [-0.39, 0.29) is 5.91 Å². The molecule has 0 saturated carbocycles. The minimum atomic E-state index is -0.463. The van der Waals surface area contributed by atoms with Crippen molar-refractivity contribution in [1.29, 1.82) is 0 Å². The van der Waals surface area contributed by atoms with Gasteiger partial charge in [0.25, 0.3) is 5.91 Å². The highest BCUT2D eigenvalue weighted by molar-refractivity contribution is 8.13. The molecular formula is C26H32N4O2S. The van der Waals surface area contributed by atoms with Crippen LogP contribution in [0.25, 0.3) is 5.70 Å². The van der Waals surface area contributed by atoms with E-state index in [1.165, 1.54) is 6.42 Å². The van der Waals surface area contributed by atoms with Gasteiger partial charge in [-0.1, -0.05) is 87.7 Å². The number of hydrogen-bond donors (Lipinski definition) is 1. The first-order valence-corrected chi connectivity index (χ1v) is 12.9. The lowest BCUT2D eigenvalue weighted by atomic mass is 10.1. The number of rotatable bonds is 10. The Morgan fingerprint density at radius 3 is 2.61 bits per heavy atom. The predicted octanol–water partition coefficient (Wildman–Crippen LogP) is 4.32. The number of carbonyl (C=O) groups excluding carboxylic acids is 1. The van der Waals surface area contributed by atoms with Crippen LogP contribution in [0.15, 0.2) is 58.6 Å². The predicted molar refractivity (Wildman–Crippen MR) is 134 cm³/mol. The van der Waals surface area contributed by atoms with Crippen LogP contribution < -0.4 is 20.6 Å². The van der Waals surface area contributed by atoms with Crippen molar-refractivity contribution in [2.75, 3.05) is 12.4 Å². The lowest BCUT2D eigenvalue weighted by Gasteiger charge is -2.34. The molecular weight excluding hydrogens is 432 g/mol. The number of hydrazone groups is 1. The monoisotopic (exact) mass is 464 g/mol. The molecule has 33 heavy (non-hydrogen) atoms. The summed E-state index contributed by atoms with van der Waals surface area (Å²) in [5.74, 6) is 1.57. The van der Waals surface area contributed by atoms with E-state index in [1.807, 2.05) is 48.5 Å². The first-order chi connectivity index (χ1) is 16.2. The molecule has 0 bridgehead atoms. The molecule has 0 unspecified atom stereocenters. The molecule has 2 heterocycles. The molecule has 1 atom stereocenters. The van der Waals surface area contributed by atoms with E-state index in [2.05, 4.69) is 19.2 Å². The Morgan fingerprint density at radius 2 is 1.76 bits per heavy atom. The Balaban J connectivity index is 1.71. The zero-order chi connectivity index (χ0) is 23.0. The topological polar surface area (TPSA) is 66.3 Å². The molecule has 0 spiro atoms. The minimum Gasteiger partial charge on any atom is -0.493 e. The number of ether oxygens (including phenoxy) is 1. The van der Waals surface area contributed by atoms with Gasteiger partial charge in [0, 0.05) is 16.5 Å². The van der Waals surface area contributed by atoms with Gasteiger partial charge >= 0.3 is 0 Å². The summed E-state index contributed by atoms with van der Waals surface area (Å²) in [6.07, 6.45) is 6.26.